The number of nitrogens with one attached hydrogen (secondary N) is 2. The molecule has 27 heavy (non-hydrogen) atoms. The molecule has 1 saturated heterocycles. The predicted octanol–water partition coefficient (Wildman–Crippen LogP) is 2.20. The first-order valence-corrected chi connectivity index (χ1v) is 9.04. The van der Waals surface area contributed by atoms with E-state index < -0.39 is 5.41 Å². The molecule has 7 nitrogen and oxygen atoms in total. The van der Waals surface area contributed by atoms with Gasteiger partial charge in [-0.15, -0.1) is 12.4 Å². The number of anilines is 2. The standard InChI is InChI=1S/C19H27N3O4.ClH/c1-19(2,3)18(24)22-7-9-26-16-5-4-13(10-15(16)22)21-17(23)11-14-12-25-8-6-20-14;/h4-5,10,14,20H,6-9,11-12H2,1-3H3,(H,21,23);1H. The minimum Gasteiger partial charge on any atom is -0.490 e. The molecule has 0 aliphatic carbocycles. The third-order valence-electron chi connectivity index (χ3n) is 4.42. The monoisotopic (exact) mass is 397 g/mol. The fourth-order valence-electron chi connectivity index (χ4n) is 3.10. The van der Waals surface area contributed by atoms with Gasteiger partial charge in [0.2, 0.25) is 11.8 Å². The van der Waals surface area contributed by atoms with E-state index in [1.54, 1.807) is 23.1 Å². The number of carbonyl (C=O) groups excluding carboxylic acids is 2. The average molecular weight is 398 g/mol. The summed E-state index contributed by atoms with van der Waals surface area (Å²) >= 11 is 0. The Morgan fingerprint density at radius 3 is 2.74 bits per heavy atom. The van der Waals surface area contributed by atoms with Crippen molar-refractivity contribution in [2.45, 2.75) is 33.2 Å². The predicted molar refractivity (Wildman–Crippen MR) is 107 cm³/mol. The number of fused-ring (bicyclic) bond motifs is 1. The van der Waals surface area contributed by atoms with Crippen molar-refractivity contribution in [1.29, 1.82) is 0 Å². The van der Waals surface area contributed by atoms with Crippen LogP contribution in [0.3, 0.4) is 0 Å². The third kappa shape index (κ3) is 5.34. The molecule has 1 aromatic rings. The molecular formula is C19H28ClN3O4. The molecule has 2 aliphatic heterocycles. The van der Waals surface area contributed by atoms with Crippen LogP contribution >= 0.6 is 12.4 Å². The van der Waals surface area contributed by atoms with Crippen molar-refractivity contribution in [3.8, 4) is 5.75 Å². The Hall–Kier alpha value is -1.83. The summed E-state index contributed by atoms with van der Waals surface area (Å²) < 4.78 is 11.0. The van der Waals surface area contributed by atoms with E-state index in [0.717, 1.165) is 6.54 Å². The molecule has 0 bridgehead atoms. The van der Waals surface area contributed by atoms with Crippen LogP contribution in [0.1, 0.15) is 27.2 Å². The molecule has 1 fully saturated rings. The molecule has 1 atom stereocenters. The lowest BCUT2D eigenvalue weighted by molar-refractivity contribution is -0.126. The SMILES string of the molecule is CC(C)(C)C(=O)N1CCOc2ccc(NC(=O)CC3COCCN3)cc21.Cl. The summed E-state index contributed by atoms with van der Waals surface area (Å²) in [5, 5.41) is 6.18. The molecule has 0 radical (unpaired) electrons. The first-order chi connectivity index (χ1) is 12.3. The van der Waals surface area contributed by atoms with Gasteiger partial charge in [-0.25, -0.2) is 0 Å². The van der Waals surface area contributed by atoms with Crippen molar-refractivity contribution in [3.05, 3.63) is 18.2 Å². The van der Waals surface area contributed by atoms with Crippen LogP contribution in [0.2, 0.25) is 0 Å². The minimum atomic E-state index is -0.486. The fraction of sp³-hybridized carbons (Fsp3) is 0.579. The molecule has 2 heterocycles. The van der Waals surface area contributed by atoms with E-state index in [4.69, 9.17) is 9.47 Å². The van der Waals surface area contributed by atoms with Gasteiger partial charge in [-0.05, 0) is 18.2 Å². The normalized spacial score (nSPS) is 19.4. The number of halogens is 1. The molecule has 8 heteroatoms. The smallest absolute Gasteiger partial charge is 0.232 e. The van der Waals surface area contributed by atoms with Crippen LogP contribution in [0, 0.1) is 5.41 Å². The van der Waals surface area contributed by atoms with Crippen LogP contribution in [0.25, 0.3) is 0 Å². The zero-order valence-electron chi connectivity index (χ0n) is 16.0. The highest BCUT2D eigenvalue weighted by Gasteiger charge is 2.32. The summed E-state index contributed by atoms with van der Waals surface area (Å²) in [6.45, 7) is 8.65. The molecular weight excluding hydrogens is 370 g/mol. The van der Waals surface area contributed by atoms with Gasteiger partial charge in [0.05, 0.1) is 25.4 Å². The number of hydrogen-bond donors (Lipinski definition) is 2. The number of amides is 2. The van der Waals surface area contributed by atoms with E-state index in [9.17, 15) is 9.59 Å². The Bertz CT molecular complexity index is 684. The summed E-state index contributed by atoms with van der Waals surface area (Å²) in [6, 6.07) is 5.44. The van der Waals surface area contributed by atoms with E-state index in [1.807, 2.05) is 20.8 Å². The lowest BCUT2D eigenvalue weighted by atomic mass is 9.94. The van der Waals surface area contributed by atoms with Crippen molar-refractivity contribution in [2.24, 2.45) is 5.41 Å². The summed E-state index contributed by atoms with van der Waals surface area (Å²) in [4.78, 5) is 26.8. The number of benzene rings is 1. The van der Waals surface area contributed by atoms with Gasteiger partial charge in [0.15, 0.2) is 0 Å². The van der Waals surface area contributed by atoms with Crippen molar-refractivity contribution < 1.29 is 19.1 Å². The van der Waals surface area contributed by atoms with E-state index in [0.29, 0.717) is 49.9 Å². The van der Waals surface area contributed by atoms with Crippen LogP contribution in [0.15, 0.2) is 18.2 Å². The van der Waals surface area contributed by atoms with Gasteiger partial charge in [0.25, 0.3) is 0 Å². The topological polar surface area (TPSA) is 79.9 Å². The molecule has 0 saturated carbocycles. The van der Waals surface area contributed by atoms with E-state index in [1.165, 1.54) is 0 Å². The number of nitrogens with zero attached hydrogens (tertiary/aromatic N) is 1. The van der Waals surface area contributed by atoms with Crippen molar-refractivity contribution in [2.75, 3.05) is 43.1 Å². The maximum Gasteiger partial charge on any atom is 0.232 e. The van der Waals surface area contributed by atoms with E-state index >= 15 is 0 Å². The number of morpholine rings is 1. The Balaban J connectivity index is 0.00000261. The largest absolute Gasteiger partial charge is 0.490 e. The van der Waals surface area contributed by atoms with Gasteiger partial charge in [-0.3, -0.25) is 9.59 Å². The first kappa shape index (κ1) is 21.5. The minimum absolute atomic E-state index is 0. The van der Waals surface area contributed by atoms with Crippen LogP contribution in [0.4, 0.5) is 11.4 Å². The van der Waals surface area contributed by atoms with Crippen LogP contribution in [-0.4, -0.2) is 50.8 Å². The first-order valence-electron chi connectivity index (χ1n) is 9.04. The molecule has 1 aromatic carbocycles. The highest BCUT2D eigenvalue weighted by atomic mass is 35.5. The van der Waals surface area contributed by atoms with Crippen LogP contribution in [-0.2, 0) is 14.3 Å². The lowest BCUT2D eigenvalue weighted by Crippen LogP contribution is -2.44. The summed E-state index contributed by atoms with van der Waals surface area (Å²) in [6.07, 6.45) is 0.345. The van der Waals surface area contributed by atoms with Crippen LogP contribution < -0.4 is 20.3 Å². The second-order valence-corrected chi connectivity index (χ2v) is 7.72. The zero-order chi connectivity index (χ0) is 18.7. The molecule has 0 spiro atoms. The maximum atomic E-state index is 12.7. The Kier molecular flexibility index (Phi) is 7.08. The zero-order valence-corrected chi connectivity index (χ0v) is 16.9. The van der Waals surface area contributed by atoms with Gasteiger partial charge in [0, 0.05) is 30.1 Å². The van der Waals surface area contributed by atoms with E-state index in [-0.39, 0.29) is 30.3 Å². The molecule has 2 aliphatic rings. The van der Waals surface area contributed by atoms with Crippen LogP contribution in [0.5, 0.6) is 5.75 Å². The number of hydrogen-bond acceptors (Lipinski definition) is 5. The molecule has 150 valence electrons. The van der Waals surface area contributed by atoms with Gasteiger partial charge < -0.3 is 25.0 Å². The molecule has 0 aromatic heterocycles. The Labute approximate surface area is 166 Å². The van der Waals surface area contributed by atoms with Gasteiger partial charge in [-0.2, -0.15) is 0 Å². The molecule has 2 N–H and O–H groups in total. The summed E-state index contributed by atoms with van der Waals surface area (Å²) in [7, 11) is 0. The Morgan fingerprint density at radius 1 is 1.30 bits per heavy atom. The number of ether oxygens (including phenoxy) is 2. The van der Waals surface area contributed by atoms with E-state index in [2.05, 4.69) is 10.6 Å². The summed E-state index contributed by atoms with van der Waals surface area (Å²) in [5.74, 6) is 0.613. The highest BCUT2D eigenvalue weighted by Crippen LogP contribution is 2.36. The lowest BCUT2D eigenvalue weighted by Gasteiger charge is -2.34. The van der Waals surface area contributed by atoms with Crippen molar-refractivity contribution in [1.82, 2.24) is 5.32 Å². The second-order valence-electron chi connectivity index (χ2n) is 7.72. The third-order valence-corrected chi connectivity index (χ3v) is 4.42. The quantitative estimate of drug-likeness (QED) is 0.817. The number of carbonyl (C=O) groups is 2. The van der Waals surface area contributed by atoms with Crippen molar-refractivity contribution in [3.63, 3.8) is 0 Å². The fourth-order valence-corrected chi connectivity index (χ4v) is 3.10. The maximum absolute atomic E-state index is 12.7. The molecule has 3 rings (SSSR count). The van der Waals surface area contributed by atoms with Gasteiger partial charge in [0.1, 0.15) is 12.4 Å². The van der Waals surface area contributed by atoms with Crippen molar-refractivity contribution >= 4 is 35.6 Å². The average Bonchev–Trinajstić information content (AvgIpc) is 2.60. The molecule has 1 unspecified atom stereocenters. The molecule has 2 amide bonds. The highest BCUT2D eigenvalue weighted by molar-refractivity contribution is 6.00. The number of rotatable bonds is 3. The summed E-state index contributed by atoms with van der Waals surface area (Å²) in [5.41, 5.74) is 0.872. The van der Waals surface area contributed by atoms with Gasteiger partial charge >= 0.3 is 0 Å². The van der Waals surface area contributed by atoms with Gasteiger partial charge in [-0.1, -0.05) is 20.8 Å². The Morgan fingerprint density at radius 2 is 2.07 bits per heavy atom. The second kappa shape index (κ2) is 8.91.